The van der Waals surface area contributed by atoms with E-state index in [9.17, 15) is 5.11 Å². The number of nitrogens with zero attached hydrogens (tertiary/aromatic N) is 1. The first kappa shape index (κ1) is 12.1. The van der Waals surface area contributed by atoms with Crippen LogP contribution in [0.5, 0.6) is 5.75 Å². The molecule has 1 N–H and O–H groups in total. The van der Waals surface area contributed by atoms with Gasteiger partial charge in [0.25, 0.3) is 0 Å². The van der Waals surface area contributed by atoms with Crippen LogP contribution in [-0.4, -0.2) is 10.1 Å². The standard InChI is InChI=1S/C9H5ClINO.Zn/c10-6-4-7(11)9(13)8-5(6)2-1-3-12-8;/h1-4,13H;/i11-2;. The van der Waals surface area contributed by atoms with Crippen molar-refractivity contribution in [2.75, 3.05) is 0 Å². The number of hydrogen-bond donors (Lipinski definition) is 1. The van der Waals surface area contributed by atoms with Gasteiger partial charge in [0.1, 0.15) is 5.52 Å². The molecule has 0 aliphatic heterocycles. The molecule has 1 aromatic heterocycles. The Bertz CT molecular complexity index is 478. The van der Waals surface area contributed by atoms with Crippen LogP contribution in [0.3, 0.4) is 0 Å². The van der Waals surface area contributed by atoms with Gasteiger partial charge in [-0.15, -0.1) is 0 Å². The van der Waals surface area contributed by atoms with Gasteiger partial charge in [0.05, 0.1) is 8.59 Å². The minimum atomic E-state index is 0. The molecule has 2 rings (SSSR count). The fourth-order valence-corrected chi connectivity index (χ4v) is 2.17. The van der Waals surface area contributed by atoms with Gasteiger partial charge in [-0.1, -0.05) is 11.6 Å². The predicted octanol–water partition coefficient (Wildman–Crippen LogP) is 3.20. The first-order chi connectivity index (χ1) is 6.20. The Morgan fingerprint density at radius 3 is 2.86 bits per heavy atom. The molecule has 0 radical (unpaired) electrons. The van der Waals surface area contributed by atoms with Crippen LogP contribution in [0.1, 0.15) is 0 Å². The molecule has 14 heavy (non-hydrogen) atoms. The van der Waals surface area contributed by atoms with Crippen molar-refractivity contribution in [2.45, 2.75) is 0 Å². The maximum absolute atomic E-state index is 9.65. The summed E-state index contributed by atoms with van der Waals surface area (Å²) in [7, 11) is 0. The summed E-state index contributed by atoms with van der Waals surface area (Å²) >= 11 is 8.00. The molecule has 0 spiro atoms. The van der Waals surface area contributed by atoms with Crippen LogP contribution in [0.4, 0.5) is 0 Å². The van der Waals surface area contributed by atoms with E-state index in [1.54, 1.807) is 18.3 Å². The van der Waals surface area contributed by atoms with Crippen LogP contribution < -0.4 is 0 Å². The molecule has 0 aliphatic rings. The van der Waals surface area contributed by atoms with Gasteiger partial charge < -0.3 is 5.11 Å². The molecule has 68 valence electrons. The second-order valence-corrected chi connectivity index (χ2v) is 4.16. The Kier molecular flexibility index (Phi) is 4.10. The van der Waals surface area contributed by atoms with Gasteiger partial charge in [-0.05, 0) is 40.8 Å². The number of rotatable bonds is 0. The number of phenols is 1. The average molecular weight is 369 g/mol. The number of fused-ring (bicyclic) bond motifs is 1. The van der Waals surface area contributed by atoms with Crippen LogP contribution in [0.2, 0.25) is 5.02 Å². The van der Waals surface area contributed by atoms with Crippen LogP contribution in [-0.2, 0) is 19.5 Å². The Morgan fingerprint density at radius 1 is 1.43 bits per heavy atom. The number of halogens is 2. The molecule has 0 atom stereocenters. The third kappa shape index (κ3) is 2.02. The van der Waals surface area contributed by atoms with Gasteiger partial charge in [-0.2, -0.15) is 0 Å². The second kappa shape index (κ2) is 4.73. The molecule has 0 aliphatic carbocycles. The Morgan fingerprint density at radius 2 is 2.14 bits per heavy atom. The second-order valence-electron chi connectivity index (χ2n) is 2.59. The van der Waals surface area contributed by atoms with Gasteiger partial charge in [0, 0.05) is 31.1 Å². The molecule has 0 fully saturated rings. The summed E-state index contributed by atoms with van der Waals surface area (Å²) in [5.74, 6) is 0.195. The molecular formula is C9H5ClINOZn. The Hall–Kier alpha value is 0.0734. The summed E-state index contributed by atoms with van der Waals surface area (Å²) in [4.78, 5) is 4.06. The van der Waals surface area contributed by atoms with Gasteiger partial charge in [-0.25, -0.2) is 0 Å². The normalized spacial score (nSPS) is 9.86. The van der Waals surface area contributed by atoms with Crippen molar-refractivity contribution in [2.24, 2.45) is 0 Å². The number of aromatic nitrogens is 1. The van der Waals surface area contributed by atoms with E-state index in [-0.39, 0.29) is 25.2 Å². The molecule has 0 bridgehead atoms. The van der Waals surface area contributed by atoms with Crippen molar-refractivity contribution in [1.29, 1.82) is 0 Å². The first-order valence-electron chi connectivity index (χ1n) is 3.62. The number of aromatic hydroxyl groups is 1. The summed E-state index contributed by atoms with van der Waals surface area (Å²) in [5.41, 5.74) is 0.555. The van der Waals surface area contributed by atoms with Crippen molar-refractivity contribution in [3.63, 3.8) is 0 Å². The van der Waals surface area contributed by atoms with Crippen LogP contribution in [0.25, 0.3) is 10.9 Å². The molecule has 1 heterocycles. The van der Waals surface area contributed by atoms with E-state index in [1.165, 1.54) is 0 Å². The monoisotopic (exact) mass is 367 g/mol. The maximum Gasteiger partial charge on any atom is 0.155 e. The number of benzene rings is 1. The van der Waals surface area contributed by atoms with Crippen molar-refractivity contribution in [1.82, 2.24) is 4.98 Å². The van der Waals surface area contributed by atoms with E-state index in [1.807, 2.05) is 28.7 Å². The summed E-state index contributed by atoms with van der Waals surface area (Å²) in [6, 6.07) is 5.35. The van der Waals surface area contributed by atoms with Crippen molar-refractivity contribution >= 4 is 45.1 Å². The Balaban J connectivity index is 0.000000980. The number of hydrogen-bond acceptors (Lipinski definition) is 2. The summed E-state index contributed by atoms with van der Waals surface area (Å²) in [6.45, 7) is 0. The minimum absolute atomic E-state index is 0. The topological polar surface area (TPSA) is 33.1 Å². The largest absolute Gasteiger partial charge is 0.505 e. The molecule has 0 saturated heterocycles. The molecule has 5 heteroatoms. The van der Waals surface area contributed by atoms with E-state index < -0.39 is 0 Å². The summed E-state index contributed by atoms with van der Waals surface area (Å²) < 4.78 is 0.716. The minimum Gasteiger partial charge on any atom is -0.505 e. The zero-order valence-electron chi connectivity index (χ0n) is 7.17. The molecule has 2 aromatic rings. The first-order valence-corrected chi connectivity index (χ1v) is 5.07. The molecule has 2 nitrogen and oxygen atoms in total. The fraction of sp³-hybridized carbons (Fsp3) is 0. The molecular weight excluding hydrogens is 364 g/mol. The van der Waals surface area contributed by atoms with Gasteiger partial charge in [0.15, 0.2) is 5.75 Å². The van der Waals surface area contributed by atoms with Gasteiger partial charge in [0.2, 0.25) is 0 Å². The van der Waals surface area contributed by atoms with E-state index in [2.05, 4.69) is 4.98 Å². The predicted molar refractivity (Wildman–Crippen MR) is 61.1 cm³/mol. The van der Waals surface area contributed by atoms with Crippen LogP contribution in [0.15, 0.2) is 24.4 Å². The molecule has 0 saturated carbocycles. The SMILES string of the molecule is Oc1c([125I])cc(Cl)c2cccnc12.[Zn]. The van der Waals surface area contributed by atoms with Gasteiger partial charge in [-0.3, -0.25) is 4.98 Å². The van der Waals surface area contributed by atoms with Crippen molar-refractivity contribution in [3.05, 3.63) is 33.0 Å². The summed E-state index contributed by atoms with van der Waals surface area (Å²) in [6.07, 6.45) is 1.63. The Labute approximate surface area is 113 Å². The third-order valence-electron chi connectivity index (χ3n) is 1.77. The zero-order valence-corrected chi connectivity index (χ0v) is 13.0. The quantitative estimate of drug-likeness (QED) is 0.572. The molecule has 1 aromatic carbocycles. The molecule has 0 amide bonds. The van der Waals surface area contributed by atoms with E-state index >= 15 is 0 Å². The third-order valence-corrected chi connectivity index (χ3v) is 2.90. The van der Waals surface area contributed by atoms with Gasteiger partial charge >= 0.3 is 0 Å². The van der Waals surface area contributed by atoms with Crippen molar-refractivity contribution in [3.8, 4) is 5.75 Å². The van der Waals surface area contributed by atoms with Crippen LogP contribution >= 0.6 is 34.2 Å². The maximum atomic E-state index is 9.65. The van der Waals surface area contributed by atoms with E-state index in [4.69, 9.17) is 11.6 Å². The summed E-state index contributed by atoms with van der Waals surface area (Å²) in [5, 5.41) is 11.0. The zero-order chi connectivity index (χ0) is 9.42. The van der Waals surface area contributed by atoms with E-state index in [0.717, 1.165) is 5.39 Å². The average Bonchev–Trinajstić information content (AvgIpc) is 2.15. The molecule has 0 unspecified atom stereocenters. The number of phenolic OH excluding ortho intramolecular Hbond substituents is 1. The number of pyridine rings is 1. The smallest absolute Gasteiger partial charge is 0.155 e. The van der Waals surface area contributed by atoms with E-state index in [0.29, 0.717) is 14.1 Å². The van der Waals surface area contributed by atoms with Crippen LogP contribution in [0, 0.1) is 3.57 Å². The fourth-order valence-electron chi connectivity index (χ4n) is 1.16. The van der Waals surface area contributed by atoms with Crippen molar-refractivity contribution < 1.29 is 24.6 Å².